The molecule has 1 saturated carbocycles. The average Bonchev–Trinajstić information content (AvgIpc) is 2.74. The third-order valence-electron chi connectivity index (χ3n) is 7.44. The number of nitrogens with zero attached hydrogens (tertiary/aromatic N) is 2. The zero-order valence-corrected chi connectivity index (χ0v) is 18.1. The maximum absolute atomic E-state index is 10.4. The molecule has 29 heavy (non-hydrogen) atoms. The molecular formula is C24H36N2O3. The summed E-state index contributed by atoms with van der Waals surface area (Å²) < 4.78 is 11.1. The molecule has 4 aliphatic rings. The molecule has 1 heterocycles. The molecule has 0 amide bonds. The first-order chi connectivity index (χ1) is 14.0. The monoisotopic (exact) mass is 400 g/mol. The van der Waals surface area contributed by atoms with Crippen LogP contribution in [0.3, 0.4) is 0 Å². The summed E-state index contributed by atoms with van der Waals surface area (Å²) in [6.07, 6.45) is 4.48. The minimum atomic E-state index is -0.422. The molecule has 0 spiro atoms. The van der Waals surface area contributed by atoms with Gasteiger partial charge in [0.05, 0.1) is 26.4 Å². The van der Waals surface area contributed by atoms with Gasteiger partial charge in [-0.3, -0.25) is 4.90 Å². The summed E-state index contributed by atoms with van der Waals surface area (Å²) in [5.41, 5.74) is 3.13. The van der Waals surface area contributed by atoms with Crippen molar-refractivity contribution in [3.63, 3.8) is 0 Å². The van der Waals surface area contributed by atoms with Gasteiger partial charge in [0, 0.05) is 38.4 Å². The fourth-order valence-corrected chi connectivity index (χ4v) is 5.29. The van der Waals surface area contributed by atoms with Gasteiger partial charge in [0.1, 0.15) is 5.75 Å². The van der Waals surface area contributed by atoms with E-state index in [1.807, 2.05) is 12.1 Å². The van der Waals surface area contributed by atoms with E-state index in [9.17, 15) is 5.11 Å². The molecular weight excluding hydrogens is 364 g/mol. The van der Waals surface area contributed by atoms with Crippen LogP contribution < -0.4 is 9.64 Å². The smallest absolute Gasteiger partial charge is 0.119 e. The predicted molar refractivity (Wildman–Crippen MR) is 117 cm³/mol. The number of ether oxygens (including phenoxy) is 2. The van der Waals surface area contributed by atoms with Gasteiger partial charge in [-0.1, -0.05) is 19.9 Å². The van der Waals surface area contributed by atoms with E-state index in [4.69, 9.17) is 9.47 Å². The van der Waals surface area contributed by atoms with Crippen molar-refractivity contribution >= 4 is 5.69 Å². The molecule has 0 radical (unpaired) electrons. The van der Waals surface area contributed by atoms with E-state index in [2.05, 4.69) is 41.9 Å². The lowest BCUT2D eigenvalue weighted by molar-refractivity contribution is -0.0262. The van der Waals surface area contributed by atoms with E-state index in [1.54, 1.807) is 7.11 Å². The largest absolute Gasteiger partial charge is 0.497 e. The van der Waals surface area contributed by atoms with Gasteiger partial charge in [-0.15, -0.1) is 0 Å². The Bertz CT molecular complexity index is 707. The van der Waals surface area contributed by atoms with Crippen LogP contribution in [-0.2, 0) is 4.74 Å². The van der Waals surface area contributed by atoms with Gasteiger partial charge in [-0.2, -0.15) is 0 Å². The van der Waals surface area contributed by atoms with Crippen molar-refractivity contribution in [2.75, 3.05) is 57.9 Å². The molecule has 1 N–H and O–H groups in total. The quantitative estimate of drug-likeness (QED) is 0.679. The highest BCUT2D eigenvalue weighted by Gasteiger charge is 2.50. The zero-order chi connectivity index (χ0) is 20.4. The summed E-state index contributed by atoms with van der Waals surface area (Å²) in [6, 6.07) is 8.25. The Kier molecular flexibility index (Phi) is 6.19. The summed E-state index contributed by atoms with van der Waals surface area (Å²) in [7, 11) is 1.69. The topological polar surface area (TPSA) is 45.2 Å². The Morgan fingerprint density at radius 1 is 1.14 bits per heavy atom. The van der Waals surface area contributed by atoms with Gasteiger partial charge in [-0.05, 0) is 59.9 Å². The van der Waals surface area contributed by atoms with Crippen molar-refractivity contribution in [1.29, 1.82) is 0 Å². The highest BCUT2D eigenvalue weighted by molar-refractivity contribution is 5.49. The van der Waals surface area contributed by atoms with E-state index >= 15 is 0 Å². The molecule has 3 atom stereocenters. The number of methoxy groups -OCH3 is 1. The number of allylic oxidation sites excluding steroid dienone is 1. The maximum Gasteiger partial charge on any atom is 0.119 e. The number of anilines is 1. The second-order valence-corrected chi connectivity index (χ2v) is 9.48. The minimum absolute atomic E-state index is 0.422. The highest BCUT2D eigenvalue weighted by atomic mass is 16.5. The van der Waals surface area contributed by atoms with Crippen molar-refractivity contribution in [2.24, 2.45) is 17.3 Å². The van der Waals surface area contributed by atoms with Crippen molar-refractivity contribution in [3.05, 3.63) is 35.9 Å². The van der Waals surface area contributed by atoms with Gasteiger partial charge in [-0.25, -0.2) is 0 Å². The number of piperazine rings is 1. The first kappa shape index (κ1) is 20.7. The first-order valence-corrected chi connectivity index (χ1v) is 11.0. The van der Waals surface area contributed by atoms with Crippen LogP contribution in [0.25, 0.3) is 0 Å². The lowest BCUT2D eigenvalue weighted by Gasteiger charge is -2.56. The average molecular weight is 401 g/mol. The number of aliphatic hydroxyl groups excluding tert-OH is 1. The molecule has 5 nitrogen and oxygen atoms in total. The lowest BCUT2D eigenvalue weighted by atomic mass is 9.49. The Morgan fingerprint density at radius 3 is 2.48 bits per heavy atom. The van der Waals surface area contributed by atoms with Gasteiger partial charge < -0.3 is 19.5 Å². The summed E-state index contributed by atoms with van der Waals surface area (Å²) in [6.45, 7) is 10.5. The Balaban J connectivity index is 1.15. The van der Waals surface area contributed by atoms with Crippen LogP contribution in [-0.4, -0.2) is 69.2 Å². The van der Waals surface area contributed by atoms with Crippen molar-refractivity contribution in [1.82, 2.24) is 4.90 Å². The molecule has 3 unspecified atom stereocenters. The summed E-state index contributed by atoms with van der Waals surface area (Å²) in [5, 5.41) is 10.4. The number of benzene rings is 1. The van der Waals surface area contributed by atoms with E-state index < -0.39 is 6.10 Å². The first-order valence-electron chi connectivity index (χ1n) is 11.0. The van der Waals surface area contributed by atoms with Gasteiger partial charge in [0.25, 0.3) is 0 Å². The lowest BCUT2D eigenvalue weighted by Crippen LogP contribution is -2.49. The standard InChI is InChI=1S/C24H36N2O3/c1-24(2)19-5-4-18(23(24)14-19)16-29-17-21(27)15-25-10-12-26(13-11-25)20-6-8-22(28-3)9-7-20/h4,6-9,19,21,23,27H,5,10-17H2,1-3H3. The van der Waals surface area contributed by atoms with Gasteiger partial charge in [0.2, 0.25) is 0 Å². The number of hydrogen-bond donors (Lipinski definition) is 1. The molecule has 2 fully saturated rings. The van der Waals surface area contributed by atoms with E-state index in [0.29, 0.717) is 31.1 Å². The van der Waals surface area contributed by atoms with E-state index in [-0.39, 0.29) is 0 Å². The summed E-state index contributed by atoms with van der Waals surface area (Å²) in [4.78, 5) is 4.73. The van der Waals surface area contributed by atoms with Gasteiger partial charge >= 0.3 is 0 Å². The van der Waals surface area contributed by atoms with Crippen LogP contribution in [0, 0.1) is 17.3 Å². The molecule has 2 bridgehead atoms. The second-order valence-electron chi connectivity index (χ2n) is 9.48. The molecule has 1 aliphatic heterocycles. The zero-order valence-electron chi connectivity index (χ0n) is 18.1. The van der Waals surface area contributed by atoms with Gasteiger partial charge in [0.15, 0.2) is 0 Å². The van der Waals surface area contributed by atoms with Crippen molar-refractivity contribution in [3.8, 4) is 5.75 Å². The van der Waals surface area contributed by atoms with Crippen molar-refractivity contribution in [2.45, 2.75) is 32.8 Å². The molecule has 1 aromatic carbocycles. The maximum atomic E-state index is 10.4. The number of hydrogen-bond acceptors (Lipinski definition) is 5. The molecule has 5 heteroatoms. The van der Waals surface area contributed by atoms with E-state index in [1.165, 1.54) is 24.1 Å². The molecule has 1 saturated heterocycles. The Morgan fingerprint density at radius 2 is 1.86 bits per heavy atom. The fraction of sp³-hybridized carbons (Fsp3) is 0.667. The number of rotatable bonds is 8. The van der Waals surface area contributed by atoms with Crippen LogP contribution in [0.4, 0.5) is 5.69 Å². The Labute approximate surface area is 175 Å². The third-order valence-corrected chi connectivity index (χ3v) is 7.44. The summed E-state index contributed by atoms with van der Waals surface area (Å²) >= 11 is 0. The van der Waals surface area contributed by atoms with Crippen molar-refractivity contribution < 1.29 is 14.6 Å². The Hall–Kier alpha value is -1.56. The number of β-amino-alcohol motifs (C(OH)–C–C–N with tert-alkyl or cyclic N) is 1. The second kappa shape index (κ2) is 8.66. The third kappa shape index (κ3) is 4.47. The molecule has 0 aromatic heterocycles. The normalized spacial score (nSPS) is 27.2. The minimum Gasteiger partial charge on any atom is -0.497 e. The predicted octanol–water partition coefficient (Wildman–Crippen LogP) is 3.19. The fourth-order valence-electron chi connectivity index (χ4n) is 5.29. The molecule has 5 rings (SSSR count). The van der Waals surface area contributed by atoms with Crippen LogP contribution in [0.15, 0.2) is 35.9 Å². The summed E-state index contributed by atoms with van der Waals surface area (Å²) in [5.74, 6) is 2.43. The SMILES string of the molecule is COc1ccc(N2CCN(CC(O)COCC3=CCC4CC3C4(C)C)CC2)cc1. The number of aliphatic hydroxyl groups is 1. The number of fused-ring (bicyclic) bond motifs is 1. The molecule has 1 aromatic rings. The molecule has 3 aliphatic carbocycles. The highest BCUT2D eigenvalue weighted by Crippen LogP contribution is 2.59. The van der Waals surface area contributed by atoms with Crippen LogP contribution in [0.5, 0.6) is 5.75 Å². The van der Waals surface area contributed by atoms with Crippen LogP contribution in [0.1, 0.15) is 26.7 Å². The molecule has 160 valence electrons. The van der Waals surface area contributed by atoms with E-state index in [0.717, 1.165) is 37.8 Å². The van der Waals surface area contributed by atoms with Crippen LogP contribution >= 0.6 is 0 Å². The van der Waals surface area contributed by atoms with Crippen LogP contribution in [0.2, 0.25) is 0 Å².